The van der Waals surface area contributed by atoms with E-state index in [9.17, 15) is 5.11 Å². The monoisotopic (exact) mass is 317 g/mol. The number of aromatic hydroxyl groups is 1. The molecule has 0 aliphatic heterocycles. The second-order valence-corrected chi connectivity index (χ2v) is 7.94. The molecule has 0 unspecified atom stereocenters. The van der Waals surface area contributed by atoms with E-state index < -0.39 is 0 Å². The van der Waals surface area contributed by atoms with Gasteiger partial charge in [0.15, 0.2) is 5.96 Å². The summed E-state index contributed by atoms with van der Waals surface area (Å²) >= 11 is 0. The van der Waals surface area contributed by atoms with E-state index in [0.29, 0.717) is 17.6 Å². The Morgan fingerprint density at radius 3 is 2.57 bits per heavy atom. The minimum absolute atomic E-state index is 0.0446. The summed E-state index contributed by atoms with van der Waals surface area (Å²) in [5.41, 5.74) is 1.95. The number of phenols is 1. The van der Waals surface area contributed by atoms with Crippen LogP contribution in [0.1, 0.15) is 59.4 Å². The number of phenolic OH excluding ortho intramolecular Hbond substituents is 1. The number of anilines is 1. The summed E-state index contributed by atoms with van der Waals surface area (Å²) in [5.74, 6) is 1.67. The molecule has 1 fully saturated rings. The van der Waals surface area contributed by atoms with Crippen LogP contribution in [0.4, 0.5) is 5.69 Å². The summed E-state index contributed by atoms with van der Waals surface area (Å²) in [7, 11) is 0. The standard InChI is InChI=1S/C19H31N3O/c1-13(2)10-11-20-18(21-15-7-8-15)22-16-12-14(19(3,4)5)6-9-17(16)23/h6,9,12-13,15,23H,7-8,10-11H2,1-5H3,(H2,20,21,22). The summed E-state index contributed by atoms with van der Waals surface area (Å²) < 4.78 is 0. The lowest BCUT2D eigenvalue weighted by Gasteiger charge is -2.21. The zero-order valence-electron chi connectivity index (χ0n) is 15.1. The fraction of sp³-hybridized carbons (Fsp3) is 0.632. The van der Waals surface area contributed by atoms with Gasteiger partial charge in [-0.2, -0.15) is 0 Å². The minimum atomic E-state index is 0.0446. The molecule has 1 aromatic rings. The van der Waals surface area contributed by atoms with Crippen molar-refractivity contribution in [2.45, 2.75) is 65.3 Å². The maximum absolute atomic E-state index is 10.2. The average Bonchev–Trinajstić information content (AvgIpc) is 3.23. The maximum atomic E-state index is 10.2. The normalized spacial score (nSPS) is 15.8. The fourth-order valence-electron chi connectivity index (χ4n) is 2.21. The van der Waals surface area contributed by atoms with Crippen molar-refractivity contribution in [3.05, 3.63) is 23.8 Å². The fourth-order valence-corrected chi connectivity index (χ4v) is 2.21. The van der Waals surface area contributed by atoms with E-state index in [0.717, 1.165) is 18.9 Å². The summed E-state index contributed by atoms with van der Waals surface area (Å²) in [4.78, 5) is 4.66. The number of hydrogen-bond donors (Lipinski definition) is 3. The molecule has 128 valence electrons. The van der Waals surface area contributed by atoms with Crippen LogP contribution in [-0.4, -0.2) is 23.7 Å². The largest absolute Gasteiger partial charge is 0.506 e. The highest BCUT2D eigenvalue weighted by Gasteiger charge is 2.23. The Morgan fingerprint density at radius 1 is 1.30 bits per heavy atom. The highest BCUT2D eigenvalue weighted by Crippen LogP contribution is 2.31. The van der Waals surface area contributed by atoms with Gasteiger partial charge < -0.3 is 15.7 Å². The van der Waals surface area contributed by atoms with Crippen LogP contribution in [0.15, 0.2) is 23.2 Å². The SMILES string of the molecule is CC(C)CCN=C(Nc1cc(C(C)(C)C)ccc1O)NC1CC1. The molecule has 4 nitrogen and oxygen atoms in total. The molecule has 0 amide bonds. The molecule has 0 radical (unpaired) electrons. The summed E-state index contributed by atoms with van der Waals surface area (Å²) in [5, 5.41) is 16.9. The molecule has 2 rings (SSSR count). The van der Waals surface area contributed by atoms with Crippen LogP contribution in [0.3, 0.4) is 0 Å². The van der Waals surface area contributed by atoms with Crippen molar-refractivity contribution >= 4 is 11.6 Å². The second-order valence-electron chi connectivity index (χ2n) is 7.94. The summed E-state index contributed by atoms with van der Waals surface area (Å²) in [6, 6.07) is 6.27. The van der Waals surface area contributed by atoms with Gasteiger partial charge >= 0.3 is 0 Å². The Bertz CT molecular complexity index is 554. The Labute approximate surface area is 140 Å². The zero-order chi connectivity index (χ0) is 17.0. The summed E-state index contributed by atoms with van der Waals surface area (Å²) in [6.07, 6.45) is 3.45. The van der Waals surface area contributed by atoms with Crippen molar-refractivity contribution in [1.82, 2.24) is 5.32 Å². The molecule has 0 spiro atoms. The highest BCUT2D eigenvalue weighted by molar-refractivity contribution is 5.95. The molecule has 0 bridgehead atoms. The third-order valence-corrected chi connectivity index (χ3v) is 4.01. The Kier molecular flexibility index (Phi) is 5.55. The smallest absolute Gasteiger partial charge is 0.196 e. The lowest BCUT2D eigenvalue weighted by molar-refractivity contribution is 0.476. The third-order valence-electron chi connectivity index (χ3n) is 4.01. The van der Waals surface area contributed by atoms with Crippen LogP contribution in [0.5, 0.6) is 5.75 Å². The van der Waals surface area contributed by atoms with E-state index in [-0.39, 0.29) is 11.2 Å². The maximum Gasteiger partial charge on any atom is 0.196 e. The molecule has 0 saturated heterocycles. The first-order valence-corrected chi connectivity index (χ1v) is 8.67. The van der Waals surface area contributed by atoms with Crippen LogP contribution in [0.2, 0.25) is 0 Å². The molecule has 3 N–H and O–H groups in total. The van der Waals surface area contributed by atoms with Crippen molar-refractivity contribution in [1.29, 1.82) is 0 Å². The van der Waals surface area contributed by atoms with Gasteiger partial charge in [0.2, 0.25) is 0 Å². The molecule has 0 aromatic heterocycles. The Hall–Kier alpha value is -1.71. The van der Waals surface area contributed by atoms with Gasteiger partial charge in [0.1, 0.15) is 5.75 Å². The molecule has 1 aromatic carbocycles. The lowest BCUT2D eigenvalue weighted by Crippen LogP contribution is -2.33. The summed E-state index contributed by atoms with van der Waals surface area (Å²) in [6.45, 7) is 11.7. The van der Waals surface area contributed by atoms with E-state index >= 15 is 0 Å². The van der Waals surface area contributed by atoms with Gasteiger partial charge in [0.05, 0.1) is 5.69 Å². The first kappa shape index (κ1) is 17.6. The second kappa shape index (κ2) is 7.24. The van der Waals surface area contributed by atoms with Gasteiger partial charge in [0.25, 0.3) is 0 Å². The van der Waals surface area contributed by atoms with Crippen LogP contribution >= 0.6 is 0 Å². The number of benzene rings is 1. The number of nitrogens with zero attached hydrogens (tertiary/aromatic N) is 1. The number of rotatable bonds is 5. The lowest BCUT2D eigenvalue weighted by atomic mass is 9.87. The molecule has 1 aliphatic carbocycles. The zero-order valence-corrected chi connectivity index (χ0v) is 15.1. The van der Waals surface area contributed by atoms with E-state index in [2.05, 4.69) is 50.2 Å². The number of nitrogens with one attached hydrogen (secondary N) is 2. The van der Waals surface area contributed by atoms with E-state index in [1.165, 1.54) is 18.4 Å². The van der Waals surface area contributed by atoms with Gasteiger partial charge in [-0.1, -0.05) is 40.7 Å². The van der Waals surface area contributed by atoms with Crippen molar-refractivity contribution < 1.29 is 5.11 Å². The van der Waals surface area contributed by atoms with E-state index in [4.69, 9.17) is 0 Å². The molecule has 23 heavy (non-hydrogen) atoms. The molecular weight excluding hydrogens is 286 g/mol. The molecule has 1 saturated carbocycles. The van der Waals surface area contributed by atoms with Gasteiger partial charge in [-0.25, -0.2) is 0 Å². The minimum Gasteiger partial charge on any atom is -0.506 e. The Morgan fingerprint density at radius 2 is 2.00 bits per heavy atom. The number of hydrogen-bond acceptors (Lipinski definition) is 2. The van der Waals surface area contributed by atoms with Crippen molar-refractivity contribution in [3.8, 4) is 5.75 Å². The first-order valence-electron chi connectivity index (χ1n) is 8.67. The van der Waals surface area contributed by atoms with E-state index in [1.54, 1.807) is 6.07 Å². The molecule has 0 atom stereocenters. The van der Waals surface area contributed by atoms with Crippen molar-refractivity contribution in [3.63, 3.8) is 0 Å². The molecule has 1 aliphatic rings. The van der Waals surface area contributed by atoms with Gasteiger partial charge in [-0.05, 0) is 48.3 Å². The van der Waals surface area contributed by atoms with Crippen LogP contribution in [0.25, 0.3) is 0 Å². The highest BCUT2D eigenvalue weighted by atomic mass is 16.3. The topological polar surface area (TPSA) is 56.7 Å². The average molecular weight is 317 g/mol. The predicted octanol–water partition coefficient (Wildman–Crippen LogP) is 4.26. The molecular formula is C19H31N3O. The van der Waals surface area contributed by atoms with Crippen molar-refractivity contribution in [2.75, 3.05) is 11.9 Å². The van der Waals surface area contributed by atoms with Crippen LogP contribution < -0.4 is 10.6 Å². The van der Waals surface area contributed by atoms with Crippen LogP contribution in [0, 0.1) is 5.92 Å². The van der Waals surface area contributed by atoms with Gasteiger partial charge in [-0.3, -0.25) is 4.99 Å². The third kappa shape index (κ3) is 5.77. The first-order chi connectivity index (χ1) is 10.8. The van der Waals surface area contributed by atoms with E-state index in [1.807, 2.05) is 12.1 Å². The van der Waals surface area contributed by atoms with Crippen LogP contribution in [-0.2, 0) is 5.41 Å². The van der Waals surface area contributed by atoms with Gasteiger partial charge in [0, 0.05) is 12.6 Å². The predicted molar refractivity (Wildman–Crippen MR) is 98.3 cm³/mol. The number of guanidine groups is 1. The number of aliphatic imine (C=N–C) groups is 1. The molecule has 4 heteroatoms. The Balaban J connectivity index is 2.14. The molecule has 0 heterocycles. The van der Waals surface area contributed by atoms with Gasteiger partial charge in [-0.15, -0.1) is 0 Å². The quantitative estimate of drug-likeness (QED) is 0.432. The van der Waals surface area contributed by atoms with Crippen molar-refractivity contribution in [2.24, 2.45) is 10.9 Å².